The van der Waals surface area contributed by atoms with Crippen LogP contribution in [0.4, 0.5) is 0 Å². The van der Waals surface area contributed by atoms with Crippen LogP contribution < -0.4 is 5.32 Å². The highest BCUT2D eigenvalue weighted by Gasteiger charge is 2.18. The first-order valence-electron chi connectivity index (χ1n) is 6.86. The lowest BCUT2D eigenvalue weighted by molar-refractivity contribution is -0.137. The number of carbonyl (C=O) groups excluding carboxylic acids is 1. The van der Waals surface area contributed by atoms with Gasteiger partial charge in [-0.05, 0) is 17.7 Å². The van der Waals surface area contributed by atoms with E-state index in [2.05, 4.69) is 21.2 Å². The zero-order valence-corrected chi connectivity index (χ0v) is 14.0. The number of carboxylic acids is 1. The molecule has 1 atom stereocenters. The Kier molecular flexibility index (Phi) is 8.72. The molecule has 0 bridgehead atoms. The number of methoxy groups -OCH3 is 1. The van der Waals surface area contributed by atoms with Gasteiger partial charge in [-0.3, -0.25) is 9.59 Å². The van der Waals surface area contributed by atoms with Gasteiger partial charge in [-0.25, -0.2) is 0 Å². The SMILES string of the molecule is COCCOCCC(=O)NC(CC(=O)O)c1cccc(Br)c1. The van der Waals surface area contributed by atoms with Gasteiger partial charge in [0.15, 0.2) is 0 Å². The van der Waals surface area contributed by atoms with E-state index in [1.807, 2.05) is 6.07 Å². The fraction of sp³-hybridized carbons (Fsp3) is 0.467. The molecule has 7 heteroatoms. The quantitative estimate of drug-likeness (QED) is 0.613. The molecule has 0 aliphatic carbocycles. The number of carbonyl (C=O) groups is 2. The Morgan fingerprint density at radius 2 is 2.09 bits per heavy atom. The van der Waals surface area contributed by atoms with Gasteiger partial charge in [-0.2, -0.15) is 0 Å². The molecule has 0 aliphatic rings. The maximum atomic E-state index is 11.9. The van der Waals surface area contributed by atoms with Crippen molar-refractivity contribution in [1.82, 2.24) is 5.32 Å². The van der Waals surface area contributed by atoms with Crippen LogP contribution in [0.3, 0.4) is 0 Å². The highest BCUT2D eigenvalue weighted by atomic mass is 79.9. The van der Waals surface area contributed by atoms with Crippen molar-refractivity contribution < 1.29 is 24.2 Å². The molecule has 0 aromatic heterocycles. The van der Waals surface area contributed by atoms with Crippen molar-refractivity contribution in [3.05, 3.63) is 34.3 Å². The number of rotatable bonds is 10. The first kappa shape index (κ1) is 18.6. The zero-order chi connectivity index (χ0) is 16.4. The van der Waals surface area contributed by atoms with Gasteiger partial charge in [0.05, 0.1) is 32.3 Å². The van der Waals surface area contributed by atoms with Gasteiger partial charge in [-0.15, -0.1) is 0 Å². The van der Waals surface area contributed by atoms with Crippen LogP contribution >= 0.6 is 15.9 Å². The third kappa shape index (κ3) is 7.53. The fourth-order valence-electron chi connectivity index (χ4n) is 1.83. The Morgan fingerprint density at radius 3 is 2.73 bits per heavy atom. The number of hydrogen-bond donors (Lipinski definition) is 2. The zero-order valence-electron chi connectivity index (χ0n) is 12.4. The molecule has 0 radical (unpaired) electrons. The van der Waals surface area contributed by atoms with E-state index >= 15 is 0 Å². The fourth-order valence-corrected chi connectivity index (χ4v) is 2.24. The molecule has 1 aromatic carbocycles. The van der Waals surface area contributed by atoms with Gasteiger partial charge in [0.25, 0.3) is 0 Å². The Hall–Kier alpha value is -1.44. The van der Waals surface area contributed by atoms with E-state index in [0.29, 0.717) is 13.2 Å². The molecular formula is C15H20BrNO5. The molecule has 1 amide bonds. The van der Waals surface area contributed by atoms with Crippen molar-refractivity contribution in [2.45, 2.75) is 18.9 Å². The van der Waals surface area contributed by atoms with E-state index in [1.54, 1.807) is 25.3 Å². The minimum Gasteiger partial charge on any atom is -0.481 e. The van der Waals surface area contributed by atoms with Crippen LogP contribution in [-0.2, 0) is 19.1 Å². The van der Waals surface area contributed by atoms with Gasteiger partial charge < -0.3 is 19.9 Å². The molecule has 122 valence electrons. The maximum Gasteiger partial charge on any atom is 0.305 e. The Balaban J connectivity index is 2.54. The summed E-state index contributed by atoms with van der Waals surface area (Å²) in [4.78, 5) is 22.9. The summed E-state index contributed by atoms with van der Waals surface area (Å²) in [6.07, 6.45) is 0.000557. The number of aliphatic carboxylic acids is 1. The summed E-state index contributed by atoms with van der Waals surface area (Å²) in [7, 11) is 1.57. The Labute approximate surface area is 137 Å². The topological polar surface area (TPSA) is 84.9 Å². The van der Waals surface area contributed by atoms with Gasteiger partial charge in [0.1, 0.15) is 0 Å². The predicted octanol–water partition coefficient (Wildman–Crippen LogP) is 2.13. The molecule has 0 heterocycles. The summed E-state index contributed by atoms with van der Waals surface area (Å²) in [6.45, 7) is 1.17. The summed E-state index contributed by atoms with van der Waals surface area (Å²) >= 11 is 3.34. The van der Waals surface area contributed by atoms with E-state index < -0.39 is 12.0 Å². The van der Waals surface area contributed by atoms with Crippen molar-refractivity contribution in [2.24, 2.45) is 0 Å². The van der Waals surface area contributed by atoms with Crippen molar-refractivity contribution >= 4 is 27.8 Å². The minimum absolute atomic E-state index is 0.174. The average Bonchev–Trinajstić information content (AvgIpc) is 2.46. The molecule has 2 N–H and O–H groups in total. The maximum absolute atomic E-state index is 11.9. The van der Waals surface area contributed by atoms with Crippen molar-refractivity contribution in [2.75, 3.05) is 26.9 Å². The molecule has 0 spiro atoms. The second kappa shape index (κ2) is 10.3. The first-order valence-corrected chi connectivity index (χ1v) is 7.65. The molecule has 0 saturated carbocycles. The summed E-state index contributed by atoms with van der Waals surface area (Å²) in [6, 6.07) is 6.65. The van der Waals surface area contributed by atoms with Gasteiger partial charge in [0.2, 0.25) is 5.91 Å². The van der Waals surface area contributed by atoms with Crippen LogP contribution in [0.2, 0.25) is 0 Å². The van der Waals surface area contributed by atoms with E-state index in [-0.39, 0.29) is 25.4 Å². The Morgan fingerprint density at radius 1 is 1.32 bits per heavy atom. The molecule has 1 unspecified atom stereocenters. The van der Waals surface area contributed by atoms with Crippen LogP contribution in [0.5, 0.6) is 0 Å². The minimum atomic E-state index is -0.971. The monoisotopic (exact) mass is 373 g/mol. The lowest BCUT2D eigenvalue weighted by Crippen LogP contribution is -2.31. The van der Waals surface area contributed by atoms with E-state index in [9.17, 15) is 9.59 Å². The van der Waals surface area contributed by atoms with Crippen LogP contribution in [0.25, 0.3) is 0 Å². The second-order valence-electron chi connectivity index (χ2n) is 4.63. The van der Waals surface area contributed by atoms with Crippen molar-refractivity contribution in [3.8, 4) is 0 Å². The predicted molar refractivity (Wildman–Crippen MR) is 84.6 cm³/mol. The number of hydrogen-bond acceptors (Lipinski definition) is 4. The number of ether oxygens (including phenoxy) is 2. The number of benzene rings is 1. The van der Waals surface area contributed by atoms with Crippen LogP contribution in [0.1, 0.15) is 24.4 Å². The molecule has 6 nitrogen and oxygen atoms in total. The van der Waals surface area contributed by atoms with Gasteiger partial charge >= 0.3 is 5.97 Å². The van der Waals surface area contributed by atoms with E-state index in [1.165, 1.54) is 0 Å². The number of amides is 1. The smallest absolute Gasteiger partial charge is 0.305 e. The molecule has 0 fully saturated rings. The third-order valence-corrected chi connectivity index (χ3v) is 3.36. The van der Waals surface area contributed by atoms with Gasteiger partial charge in [0, 0.05) is 18.0 Å². The molecule has 1 rings (SSSR count). The second-order valence-corrected chi connectivity index (χ2v) is 5.54. The summed E-state index contributed by atoms with van der Waals surface area (Å²) in [5, 5.41) is 11.7. The van der Waals surface area contributed by atoms with Crippen molar-refractivity contribution in [1.29, 1.82) is 0 Å². The Bertz CT molecular complexity index is 495. The molecule has 22 heavy (non-hydrogen) atoms. The average molecular weight is 374 g/mol. The third-order valence-electron chi connectivity index (χ3n) is 2.87. The lowest BCUT2D eigenvalue weighted by atomic mass is 10.0. The molecule has 0 aliphatic heterocycles. The molecular weight excluding hydrogens is 354 g/mol. The first-order chi connectivity index (χ1) is 10.5. The number of halogens is 1. The largest absolute Gasteiger partial charge is 0.481 e. The van der Waals surface area contributed by atoms with Crippen LogP contribution in [0, 0.1) is 0 Å². The normalized spacial score (nSPS) is 11.9. The highest BCUT2D eigenvalue weighted by Crippen LogP contribution is 2.21. The number of carboxylic acid groups (broad SMARTS) is 1. The highest BCUT2D eigenvalue weighted by molar-refractivity contribution is 9.10. The summed E-state index contributed by atoms with van der Waals surface area (Å²) < 4.78 is 10.9. The van der Waals surface area contributed by atoms with Crippen LogP contribution in [0.15, 0.2) is 28.7 Å². The molecule has 1 aromatic rings. The number of nitrogens with one attached hydrogen (secondary N) is 1. The van der Waals surface area contributed by atoms with Gasteiger partial charge in [-0.1, -0.05) is 28.1 Å². The van der Waals surface area contributed by atoms with E-state index in [0.717, 1.165) is 10.0 Å². The van der Waals surface area contributed by atoms with Crippen LogP contribution in [-0.4, -0.2) is 43.9 Å². The summed E-state index contributed by atoms with van der Waals surface area (Å²) in [5.41, 5.74) is 0.741. The van der Waals surface area contributed by atoms with Crippen molar-refractivity contribution in [3.63, 3.8) is 0 Å². The van der Waals surface area contributed by atoms with E-state index in [4.69, 9.17) is 14.6 Å². The summed E-state index contributed by atoms with van der Waals surface area (Å²) in [5.74, 6) is -1.22. The lowest BCUT2D eigenvalue weighted by Gasteiger charge is -2.18. The standard InChI is InChI=1S/C15H20BrNO5/c1-21-7-8-22-6-5-14(18)17-13(10-15(19)20)11-3-2-4-12(16)9-11/h2-4,9,13H,5-8,10H2,1H3,(H,17,18)(H,19,20). The molecule has 0 saturated heterocycles.